The number of benzene rings is 1. The summed E-state index contributed by atoms with van der Waals surface area (Å²) in [6.45, 7) is 6.24. The van der Waals surface area contributed by atoms with E-state index in [1.807, 2.05) is 0 Å². The van der Waals surface area contributed by atoms with Crippen LogP contribution in [-0.4, -0.2) is 22.3 Å². The maximum atomic E-state index is 14.8. The second-order valence-electron chi connectivity index (χ2n) is 7.21. The van der Waals surface area contributed by atoms with E-state index in [0.29, 0.717) is 18.3 Å². The summed E-state index contributed by atoms with van der Waals surface area (Å²) in [5.74, 6) is -0.267. The van der Waals surface area contributed by atoms with Crippen molar-refractivity contribution in [2.24, 2.45) is 17.8 Å². The zero-order chi connectivity index (χ0) is 17.9. The zero-order valence-electron chi connectivity index (χ0n) is 14.4. The first kappa shape index (κ1) is 19.2. The lowest BCUT2D eigenvalue weighted by molar-refractivity contribution is -0.170. The SMILES string of the molecule is CC(C)[C@H]1CC[C@H](C)C[C@@H]1OC(=O)[C@](F)(Cl)[C@H](O)c1ccccc1. The number of carbonyl (C=O) groups excluding carboxylic acids is 1. The first-order valence-corrected chi connectivity index (χ1v) is 8.93. The van der Waals surface area contributed by atoms with Crippen LogP contribution in [0.1, 0.15) is 51.7 Å². The molecule has 0 spiro atoms. The Bertz CT molecular complexity index is 547. The van der Waals surface area contributed by atoms with Gasteiger partial charge < -0.3 is 9.84 Å². The Morgan fingerprint density at radius 3 is 2.54 bits per heavy atom. The van der Waals surface area contributed by atoms with Crippen molar-refractivity contribution in [3.8, 4) is 0 Å². The van der Waals surface area contributed by atoms with Crippen LogP contribution in [0.5, 0.6) is 0 Å². The van der Waals surface area contributed by atoms with Gasteiger partial charge in [-0.05, 0) is 36.2 Å². The van der Waals surface area contributed by atoms with E-state index in [1.165, 1.54) is 12.1 Å². The third kappa shape index (κ3) is 4.28. The molecule has 24 heavy (non-hydrogen) atoms. The number of rotatable bonds is 5. The van der Waals surface area contributed by atoms with Gasteiger partial charge in [0.25, 0.3) is 0 Å². The molecule has 1 aliphatic carbocycles. The van der Waals surface area contributed by atoms with Crippen molar-refractivity contribution >= 4 is 17.6 Å². The molecule has 0 amide bonds. The van der Waals surface area contributed by atoms with E-state index in [1.54, 1.807) is 18.2 Å². The number of esters is 1. The minimum absolute atomic E-state index is 0.187. The summed E-state index contributed by atoms with van der Waals surface area (Å²) in [6.07, 6.45) is 0.581. The molecule has 1 saturated carbocycles. The molecule has 0 aliphatic heterocycles. The molecule has 134 valence electrons. The van der Waals surface area contributed by atoms with E-state index in [9.17, 15) is 14.3 Å². The third-order valence-electron chi connectivity index (χ3n) is 4.95. The first-order chi connectivity index (χ1) is 11.2. The van der Waals surface area contributed by atoms with Gasteiger partial charge in [-0.1, -0.05) is 69.1 Å². The van der Waals surface area contributed by atoms with Crippen LogP contribution < -0.4 is 0 Å². The van der Waals surface area contributed by atoms with E-state index < -0.39 is 17.2 Å². The van der Waals surface area contributed by atoms with Gasteiger partial charge in [-0.3, -0.25) is 0 Å². The molecule has 3 nitrogen and oxygen atoms in total. The molecule has 2 rings (SSSR count). The lowest BCUT2D eigenvalue weighted by Gasteiger charge is -2.37. The normalized spacial score (nSPS) is 28.2. The van der Waals surface area contributed by atoms with Gasteiger partial charge in [-0.2, -0.15) is 0 Å². The number of aliphatic hydroxyl groups excluding tert-OH is 1. The standard InChI is InChI=1S/C19H26ClFO3/c1-12(2)15-10-9-13(3)11-16(15)24-18(23)19(20,21)17(22)14-7-5-4-6-8-14/h4-8,12-13,15-17,22H,9-11H2,1-3H3/t13-,15+,16-,17+,19-/m0/s1. The highest BCUT2D eigenvalue weighted by Crippen LogP contribution is 2.39. The van der Waals surface area contributed by atoms with E-state index in [4.69, 9.17) is 16.3 Å². The summed E-state index contributed by atoms with van der Waals surface area (Å²) < 4.78 is 20.2. The van der Waals surface area contributed by atoms with Gasteiger partial charge in [-0.25, -0.2) is 9.18 Å². The molecule has 1 fully saturated rings. The van der Waals surface area contributed by atoms with E-state index in [-0.39, 0.29) is 17.6 Å². The van der Waals surface area contributed by atoms with Gasteiger partial charge in [0.15, 0.2) is 0 Å². The van der Waals surface area contributed by atoms with Gasteiger partial charge in [-0.15, -0.1) is 0 Å². The monoisotopic (exact) mass is 356 g/mol. The van der Waals surface area contributed by atoms with Gasteiger partial charge in [0.05, 0.1) is 0 Å². The molecule has 1 aromatic rings. The molecule has 1 aromatic carbocycles. The molecule has 5 atom stereocenters. The third-order valence-corrected chi connectivity index (χ3v) is 5.31. The second kappa shape index (κ2) is 7.83. The molecule has 5 heteroatoms. The summed E-state index contributed by atoms with van der Waals surface area (Å²) in [6, 6.07) is 8.07. The van der Waals surface area contributed by atoms with Crippen molar-refractivity contribution in [3.63, 3.8) is 0 Å². The summed E-state index contributed by atoms with van der Waals surface area (Å²) in [4.78, 5) is 12.3. The Balaban J connectivity index is 2.11. The molecule has 0 bridgehead atoms. The number of hydrogen-bond donors (Lipinski definition) is 1. The summed E-state index contributed by atoms with van der Waals surface area (Å²) >= 11 is 5.76. The van der Waals surface area contributed by atoms with Crippen LogP contribution >= 0.6 is 11.6 Å². The van der Waals surface area contributed by atoms with Crippen molar-refractivity contribution < 1.29 is 19.0 Å². The molecular weight excluding hydrogens is 331 g/mol. The van der Waals surface area contributed by atoms with E-state index >= 15 is 0 Å². The summed E-state index contributed by atoms with van der Waals surface area (Å²) in [5, 5.41) is 7.17. The van der Waals surface area contributed by atoms with Crippen LogP contribution in [-0.2, 0) is 9.53 Å². The molecule has 0 aromatic heterocycles. The Kier molecular flexibility index (Phi) is 6.27. The minimum atomic E-state index is -3.00. The summed E-state index contributed by atoms with van der Waals surface area (Å²) in [7, 11) is 0. The quantitative estimate of drug-likeness (QED) is 0.618. The Labute approximate surface area is 148 Å². The van der Waals surface area contributed by atoms with Crippen molar-refractivity contribution in [3.05, 3.63) is 35.9 Å². The van der Waals surface area contributed by atoms with Crippen molar-refractivity contribution in [1.29, 1.82) is 0 Å². The summed E-state index contributed by atoms with van der Waals surface area (Å²) in [5.41, 5.74) is 0.240. The van der Waals surface area contributed by atoms with Crippen molar-refractivity contribution in [2.75, 3.05) is 0 Å². The van der Waals surface area contributed by atoms with Gasteiger partial charge in [0.1, 0.15) is 12.2 Å². The number of hydrogen-bond acceptors (Lipinski definition) is 3. The van der Waals surface area contributed by atoms with Crippen molar-refractivity contribution in [1.82, 2.24) is 0 Å². The Morgan fingerprint density at radius 1 is 1.33 bits per heavy atom. The second-order valence-corrected chi connectivity index (χ2v) is 7.76. The molecular formula is C19H26ClFO3. The Hall–Kier alpha value is -1.13. The number of ether oxygens (including phenoxy) is 1. The topological polar surface area (TPSA) is 46.5 Å². The molecule has 1 N–H and O–H groups in total. The average molecular weight is 357 g/mol. The zero-order valence-corrected chi connectivity index (χ0v) is 15.2. The maximum absolute atomic E-state index is 14.8. The van der Waals surface area contributed by atoms with Gasteiger partial charge in [0, 0.05) is 0 Å². The average Bonchev–Trinajstić information content (AvgIpc) is 2.54. The molecule has 0 radical (unpaired) electrons. The lowest BCUT2D eigenvalue weighted by atomic mass is 9.75. The predicted molar refractivity (Wildman–Crippen MR) is 92.3 cm³/mol. The maximum Gasteiger partial charge on any atom is 0.363 e. The smallest absolute Gasteiger partial charge is 0.363 e. The number of aliphatic hydroxyl groups is 1. The van der Waals surface area contributed by atoms with Crippen LogP contribution in [0.25, 0.3) is 0 Å². The number of halogens is 2. The predicted octanol–water partition coefficient (Wildman–Crippen LogP) is 4.63. The van der Waals surface area contributed by atoms with Gasteiger partial charge >= 0.3 is 11.1 Å². The fourth-order valence-corrected chi connectivity index (χ4v) is 3.59. The van der Waals surface area contributed by atoms with Crippen LogP contribution in [0.4, 0.5) is 4.39 Å². The Morgan fingerprint density at radius 2 is 1.96 bits per heavy atom. The van der Waals surface area contributed by atoms with Crippen LogP contribution in [0, 0.1) is 17.8 Å². The fourth-order valence-electron chi connectivity index (χ4n) is 3.42. The largest absolute Gasteiger partial charge is 0.459 e. The molecule has 0 unspecified atom stereocenters. The highest BCUT2D eigenvalue weighted by molar-refractivity contribution is 6.33. The lowest BCUT2D eigenvalue weighted by Crippen LogP contribution is -2.42. The minimum Gasteiger partial charge on any atom is -0.459 e. The van der Waals surface area contributed by atoms with Crippen LogP contribution in [0.15, 0.2) is 30.3 Å². The number of carbonyl (C=O) groups is 1. The molecule has 1 aliphatic rings. The van der Waals surface area contributed by atoms with Gasteiger partial charge in [0.2, 0.25) is 0 Å². The van der Waals surface area contributed by atoms with E-state index in [0.717, 1.165) is 12.8 Å². The first-order valence-electron chi connectivity index (χ1n) is 8.55. The van der Waals surface area contributed by atoms with Crippen molar-refractivity contribution in [2.45, 2.75) is 57.4 Å². The van der Waals surface area contributed by atoms with Crippen LogP contribution in [0.2, 0.25) is 0 Å². The highest BCUT2D eigenvalue weighted by Gasteiger charge is 2.48. The fraction of sp³-hybridized carbons (Fsp3) is 0.632. The molecule has 0 saturated heterocycles. The number of alkyl halides is 2. The molecule has 0 heterocycles. The van der Waals surface area contributed by atoms with E-state index in [2.05, 4.69) is 20.8 Å². The van der Waals surface area contributed by atoms with Crippen LogP contribution in [0.3, 0.4) is 0 Å². The highest BCUT2D eigenvalue weighted by atomic mass is 35.5.